The SMILES string of the molecule is CCC(N)C(C)OCc1ccccc1F. The van der Waals surface area contributed by atoms with Crippen LogP contribution in [-0.2, 0) is 11.3 Å². The summed E-state index contributed by atoms with van der Waals surface area (Å²) in [6, 6.07) is 6.63. The lowest BCUT2D eigenvalue weighted by Gasteiger charge is -2.19. The molecule has 0 aromatic heterocycles. The number of ether oxygens (including phenoxy) is 1. The van der Waals surface area contributed by atoms with Crippen molar-refractivity contribution in [2.45, 2.75) is 39.0 Å². The molecule has 0 bridgehead atoms. The summed E-state index contributed by atoms with van der Waals surface area (Å²) in [4.78, 5) is 0. The van der Waals surface area contributed by atoms with Gasteiger partial charge in [0, 0.05) is 11.6 Å². The van der Waals surface area contributed by atoms with Gasteiger partial charge in [-0.05, 0) is 19.4 Å². The van der Waals surface area contributed by atoms with Crippen molar-refractivity contribution in [1.29, 1.82) is 0 Å². The van der Waals surface area contributed by atoms with E-state index in [-0.39, 0.29) is 24.6 Å². The van der Waals surface area contributed by atoms with E-state index in [4.69, 9.17) is 10.5 Å². The Morgan fingerprint density at radius 3 is 2.67 bits per heavy atom. The molecule has 0 aliphatic rings. The molecule has 1 rings (SSSR count). The highest BCUT2D eigenvalue weighted by molar-refractivity contribution is 5.16. The van der Waals surface area contributed by atoms with Gasteiger partial charge in [-0.2, -0.15) is 0 Å². The lowest BCUT2D eigenvalue weighted by molar-refractivity contribution is 0.0338. The van der Waals surface area contributed by atoms with E-state index in [2.05, 4.69) is 0 Å². The second-order valence-electron chi connectivity index (χ2n) is 3.68. The number of rotatable bonds is 5. The Balaban J connectivity index is 2.47. The maximum absolute atomic E-state index is 13.2. The molecular weight excluding hydrogens is 193 g/mol. The van der Waals surface area contributed by atoms with Gasteiger partial charge in [0.25, 0.3) is 0 Å². The van der Waals surface area contributed by atoms with Crippen LogP contribution in [0.4, 0.5) is 4.39 Å². The Bertz CT molecular complexity index is 303. The first kappa shape index (κ1) is 12.1. The van der Waals surface area contributed by atoms with Gasteiger partial charge < -0.3 is 10.5 Å². The smallest absolute Gasteiger partial charge is 0.128 e. The van der Waals surface area contributed by atoms with Crippen LogP contribution in [0.2, 0.25) is 0 Å². The highest BCUT2D eigenvalue weighted by Gasteiger charge is 2.11. The van der Waals surface area contributed by atoms with Crippen LogP contribution >= 0.6 is 0 Å². The summed E-state index contributed by atoms with van der Waals surface area (Å²) in [6.45, 7) is 4.20. The van der Waals surface area contributed by atoms with E-state index in [1.54, 1.807) is 18.2 Å². The molecule has 3 heteroatoms. The predicted octanol–water partition coefficient (Wildman–Crippen LogP) is 2.47. The number of hydrogen-bond donors (Lipinski definition) is 1. The Morgan fingerprint density at radius 1 is 1.40 bits per heavy atom. The van der Waals surface area contributed by atoms with E-state index in [1.807, 2.05) is 13.8 Å². The monoisotopic (exact) mass is 211 g/mol. The zero-order valence-corrected chi connectivity index (χ0v) is 9.24. The van der Waals surface area contributed by atoms with Crippen molar-refractivity contribution in [3.05, 3.63) is 35.6 Å². The van der Waals surface area contributed by atoms with Crippen molar-refractivity contribution in [3.8, 4) is 0 Å². The van der Waals surface area contributed by atoms with Gasteiger partial charge in [-0.15, -0.1) is 0 Å². The fourth-order valence-corrected chi connectivity index (χ4v) is 1.29. The molecule has 15 heavy (non-hydrogen) atoms. The summed E-state index contributed by atoms with van der Waals surface area (Å²) < 4.78 is 18.7. The van der Waals surface area contributed by atoms with E-state index in [9.17, 15) is 4.39 Å². The molecule has 2 atom stereocenters. The summed E-state index contributed by atoms with van der Waals surface area (Å²) in [7, 11) is 0. The molecule has 0 radical (unpaired) electrons. The average molecular weight is 211 g/mol. The minimum atomic E-state index is -0.227. The van der Waals surface area contributed by atoms with E-state index >= 15 is 0 Å². The van der Waals surface area contributed by atoms with E-state index < -0.39 is 0 Å². The minimum absolute atomic E-state index is 0.0109. The molecule has 0 saturated carbocycles. The van der Waals surface area contributed by atoms with Crippen LogP contribution in [-0.4, -0.2) is 12.1 Å². The number of halogens is 1. The minimum Gasteiger partial charge on any atom is -0.372 e. The Labute approximate surface area is 90.2 Å². The quantitative estimate of drug-likeness (QED) is 0.812. The van der Waals surface area contributed by atoms with Crippen molar-refractivity contribution in [3.63, 3.8) is 0 Å². The Hall–Kier alpha value is -0.930. The summed E-state index contributed by atoms with van der Waals surface area (Å²) >= 11 is 0. The number of nitrogens with two attached hydrogens (primary N) is 1. The summed E-state index contributed by atoms with van der Waals surface area (Å²) in [6.07, 6.45) is 0.813. The van der Waals surface area contributed by atoms with Crippen molar-refractivity contribution in [1.82, 2.24) is 0 Å². The van der Waals surface area contributed by atoms with Gasteiger partial charge in [0.2, 0.25) is 0 Å². The molecule has 84 valence electrons. The third kappa shape index (κ3) is 3.61. The van der Waals surface area contributed by atoms with Gasteiger partial charge in [-0.3, -0.25) is 0 Å². The predicted molar refractivity (Wildman–Crippen MR) is 58.9 cm³/mol. The molecule has 0 fully saturated rings. The molecule has 2 nitrogen and oxygen atoms in total. The summed E-state index contributed by atoms with van der Waals surface area (Å²) in [5.41, 5.74) is 6.38. The van der Waals surface area contributed by atoms with E-state index in [0.717, 1.165) is 6.42 Å². The van der Waals surface area contributed by atoms with Crippen LogP contribution in [0.3, 0.4) is 0 Å². The normalized spacial score (nSPS) is 14.9. The largest absolute Gasteiger partial charge is 0.372 e. The molecule has 2 unspecified atom stereocenters. The second kappa shape index (κ2) is 5.83. The summed E-state index contributed by atoms with van der Waals surface area (Å²) in [5, 5.41) is 0. The van der Waals surface area contributed by atoms with E-state index in [1.165, 1.54) is 6.07 Å². The molecule has 0 saturated heterocycles. The van der Waals surface area contributed by atoms with Crippen molar-refractivity contribution in [2.24, 2.45) is 5.73 Å². The van der Waals surface area contributed by atoms with Gasteiger partial charge in [-0.25, -0.2) is 4.39 Å². The molecule has 2 N–H and O–H groups in total. The molecular formula is C12H18FNO. The third-order valence-electron chi connectivity index (χ3n) is 2.53. The molecule has 0 amide bonds. The van der Waals surface area contributed by atoms with Crippen LogP contribution in [0.15, 0.2) is 24.3 Å². The highest BCUT2D eigenvalue weighted by atomic mass is 19.1. The van der Waals surface area contributed by atoms with Gasteiger partial charge in [0.05, 0.1) is 12.7 Å². The number of benzene rings is 1. The molecule has 0 heterocycles. The maximum Gasteiger partial charge on any atom is 0.128 e. The first-order chi connectivity index (χ1) is 7.15. The standard InChI is InChI=1S/C12H18FNO/c1-3-12(14)9(2)15-8-10-6-4-5-7-11(10)13/h4-7,9,12H,3,8,14H2,1-2H3. The van der Waals surface area contributed by atoms with Crippen LogP contribution in [0, 0.1) is 5.82 Å². The van der Waals surface area contributed by atoms with Crippen LogP contribution in [0.5, 0.6) is 0 Å². The first-order valence-electron chi connectivity index (χ1n) is 5.25. The van der Waals surface area contributed by atoms with Gasteiger partial charge >= 0.3 is 0 Å². The van der Waals surface area contributed by atoms with Crippen molar-refractivity contribution >= 4 is 0 Å². The van der Waals surface area contributed by atoms with Gasteiger partial charge in [-0.1, -0.05) is 25.1 Å². The van der Waals surface area contributed by atoms with E-state index in [0.29, 0.717) is 5.56 Å². The molecule has 1 aromatic rings. The molecule has 1 aromatic carbocycles. The van der Waals surface area contributed by atoms with Gasteiger partial charge in [0.15, 0.2) is 0 Å². The first-order valence-corrected chi connectivity index (χ1v) is 5.25. The maximum atomic E-state index is 13.2. The third-order valence-corrected chi connectivity index (χ3v) is 2.53. The average Bonchev–Trinajstić information content (AvgIpc) is 2.26. The lowest BCUT2D eigenvalue weighted by atomic mass is 10.1. The molecule has 0 aliphatic carbocycles. The van der Waals surface area contributed by atoms with Crippen molar-refractivity contribution < 1.29 is 9.13 Å². The van der Waals surface area contributed by atoms with Crippen LogP contribution < -0.4 is 5.73 Å². The van der Waals surface area contributed by atoms with Crippen molar-refractivity contribution in [2.75, 3.05) is 0 Å². The zero-order valence-electron chi connectivity index (χ0n) is 9.24. The fourth-order valence-electron chi connectivity index (χ4n) is 1.29. The Kier molecular flexibility index (Phi) is 4.72. The fraction of sp³-hybridized carbons (Fsp3) is 0.500. The topological polar surface area (TPSA) is 35.2 Å². The molecule has 0 spiro atoms. The van der Waals surface area contributed by atoms with Crippen LogP contribution in [0.1, 0.15) is 25.8 Å². The number of hydrogen-bond acceptors (Lipinski definition) is 2. The lowest BCUT2D eigenvalue weighted by Crippen LogP contribution is -2.33. The van der Waals surface area contributed by atoms with Crippen LogP contribution in [0.25, 0.3) is 0 Å². The second-order valence-corrected chi connectivity index (χ2v) is 3.68. The summed E-state index contributed by atoms with van der Waals surface area (Å²) in [5.74, 6) is -0.227. The molecule has 0 aliphatic heterocycles. The zero-order chi connectivity index (χ0) is 11.3. The van der Waals surface area contributed by atoms with Gasteiger partial charge in [0.1, 0.15) is 5.82 Å². The highest BCUT2D eigenvalue weighted by Crippen LogP contribution is 2.10. The Morgan fingerprint density at radius 2 is 2.07 bits per heavy atom.